The predicted octanol–water partition coefficient (Wildman–Crippen LogP) is 5.25. The molecule has 0 heterocycles. The number of hydrogen-bond acceptors (Lipinski definition) is 0. The van der Waals surface area contributed by atoms with Gasteiger partial charge < -0.3 is 0 Å². The van der Waals surface area contributed by atoms with E-state index in [-0.39, 0.29) is 6.67 Å². The summed E-state index contributed by atoms with van der Waals surface area (Å²) in [5, 5.41) is 1.15. The Balaban J connectivity index is 2.78. The molecule has 2 heteroatoms. The van der Waals surface area contributed by atoms with E-state index in [1.165, 1.54) is 51.4 Å². The fourth-order valence-electron chi connectivity index (χ4n) is 1.60. The van der Waals surface area contributed by atoms with Crippen molar-refractivity contribution in [2.24, 2.45) is 0 Å². The highest BCUT2D eigenvalue weighted by molar-refractivity contribution is 9.09. The van der Waals surface area contributed by atoms with Crippen LogP contribution < -0.4 is 0 Å². The summed E-state index contributed by atoms with van der Waals surface area (Å²) in [4.78, 5) is 0. The molecule has 0 nitrogen and oxygen atoms in total. The van der Waals surface area contributed by atoms with E-state index in [1.807, 2.05) is 0 Å². The first-order valence-corrected chi connectivity index (χ1v) is 7.16. The van der Waals surface area contributed by atoms with Crippen LogP contribution in [0.25, 0.3) is 0 Å². The van der Waals surface area contributed by atoms with Gasteiger partial charge in [0.2, 0.25) is 0 Å². The third-order valence-corrected chi connectivity index (χ3v) is 3.08. The van der Waals surface area contributed by atoms with E-state index in [0.29, 0.717) is 0 Å². The molecule has 0 aromatic heterocycles. The zero-order valence-corrected chi connectivity index (χ0v) is 10.8. The first-order valence-electron chi connectivity index (χ1n) is 6.03. The second kappa shape index (κ2) is 13.4. The maximum absolute atomic E-state index is 11.7. The Morgan fingerprint density at radius 1 is 0.571 bits per heavy atom. The van der Waals surface area contributed by atoms with E-state index in [2.05, 4.69) is 15.9 Å². The van der Waals surface area contributed by atoms with Gasteiger partial charge in [-0.2, -0.15) is 0 Å². The van der Waals surface area contributed by atoms with E-state index in [0.717, 1.165) is 18.2 Å². The minimum atomic E-state index is -0.132. The largest absolute Gasteiger partial charge is 0.251 e. The average Bonchev–Trinajstić information content (AvgIpc) is 2.21. The molecule has 0 aromatic carbocycles. The number of halogens is 2. The van der Waals surface area contributed by atoms with Crippen molar-refractivity contribution in [1.29, 1.82) is 0 Å². The molecule has 0 spiro atoms. The molecule has 0 bridgehead atoms. The molecule has 0 aliphatic carbocycles. The third kappa shape index (κ3) is 12.4. The number of rotatable bonds is 11. The van der Waals surface area contributed by atoms with Crippen molar-refractivity contribution in [2.75, 3.05) is 12.0 Å². The zero-order chi connectivity index (χ0) is 10.5. The molecule has 0 N–H and O–H groups in total. The lowest BCUT2D eigenvalue weighted by Crippen LogP contribution is -1.83. The third-order valence-electron chi connectivity index (χ3n) is 2.52. The fourth-order valence-corrected chi connectivity index (χ4v) is 2.00. The molecule has 0 aliphatic rings. The zero-order valence-electron chi connectivity index (χ0n) is 9.24. The molecule has 0 saturated carbocycles. The van der Waals surface area contributed by atoms with Crippen molar-refractivity contribution >= 4 is 15.9 Å². The molecule has 0 amide bonds. The number of hydrogen-bond donors (Lipinski definition) is 0. The van der Waals surface area contributed by atoms with Crippen molar-refractivity contribution in [1.82, 2.24) is 0 Å². The van der Waals surface area contributed by atoms with Crippen LogP contribution in [0, 0.1) is 0 Å². The van der Waals surface area contributed by atoms with Crippen LogP contribution in [-0.2, 0) is 0 Å². The van der Waals surface area contributed by atoms with Crippen LogP contribution in [0.2, 0.25) is 0 Å². The highest BCUT2D eigenvalue weighted by Crippen LogP contribution is 2.10. The van der Waals surface area contributed by atoms with Gasteiger partial charge in [-0.3, -0.25) is 4.39 Å². The lowest BCUT2D eigenvalue weighted by Gasteiger charge is -2.00. The van der Waals surface area contributed by atoms with Crippen LogP contribution in [-0.4, -0.2) is 12.0 Å². The first-order chi connectivity index (χ1) is 6.91. The highest BCUT2D eigenvalue weighted by atomic mass is 79.9. The summed E-state index contributed by atoms with van der Waals surface area (Å²) in [6, 6.07) is 0. The summed E-state index contributed by atoms with van der Waals surface area (Å²) < 4.78 is 11.7. The molecular weight excluding hydrogens is 243 g/mol. The Bertz CT molecular complexity index is 84.3. The minimum absolute atomic E-state index is 0.132. The molecule has 0 atom stereocenters. The van der Waals surface area contributed by atoms with Crippen LogP contribution in [0.15, 0.2) is 0 Å². The Kier molecular flexibility index (Phi) is 13.8. The van der Waals surface area contributed by atoms with E-state index in [4.69, 9.17) is 0 Å². The molecule has 0 aromatic rings. The predicted molar refractivity (Wildman–Crippen MR) is 65.9 cm³/mol. The van der Waals surface area contributed by atoms with Gasteiger partial charge in [0.25, 0.3) is 0 Å². The van der Waals surface area contributed by atoms with E-state index in [1.54, 1.807) is 0 Å². The SMILES string of the molecule is FCCCCCCCCCCCCBr. The summed E-state index contributed by atoms with van der Waals surface area (Å²) in [5.41, 5.74) is 0. The van der Waals surface area contributed by atoms with Crippen molar-refractivity contribution in [3.63, 3.8) is 0 Å². The van der Waals surface area contributed by atoms with Gasteiger partial charge in [-0.1, -0.05) is 67.3 Å². The molecular formula is C12H24BrF. The van der Waals surface area contributed by atoms with Crippen LogP contribution in [0.1, 0.15) is 64.2 Å². The lowest BCUT2D eigenvalue weighted by atomic mass is 10.1. The van der Waals surface area contributed by atoms with Gasteiger partial charge in [0.15, 0.2) is 0 Å². The van der Waals surface area contributed by atoms with Crippen LogP contribution >= 0.6 is 15.9 Å². The average molecular weight is 267 g/mol. The summed E-state index contributed by atoms with van der Waals surface area (Å²) in [5.74, 6) is 0. The maximum atomic E-state index is 11.7. The van der Waals surface area contributed by atoms with E-state index in [9.17, 15) is 4.39 Å². The Labute approximate surface area is 96.8 Å². The Hall–Kier alpha value is 0.410. The number of unbranched alkanes of at least 4 members (excludes halogenated alkanes) is 9. The van der Waals surface area contributed by atoms with Gasteiger partial charge in [-0.05, 0) is 12.8 Å². The molecule has 86 valence electrons. The van der Waals surface area contributed by atoms with Gasteiger partial charge in [0, 0.05) is 5.33 Å². The van der Waals surface area contributed by atoms with Gasteiger partial charge in [0.05, 0.1) is 6.67 Å². The monoisotopic (exact) mass is 266 g/mol. The van der Waals surface area contributed by atoms with Crippen LogP contribution in [0.4, 0.5) is 4.39 Å². The van der Waals surface area contributed by atoms with Gasteiger partial charge in [0.1, 0.15) is 0 Å². The van der Waals surface area contributed by atoms with Crippen molar-refractivity contribution in [3.05, 3.63) is 0 Å². The second-order valence-electron chi connectivity index (χ2n) is 3.91. The van der Waals surface area contributed by atoms with Gasteiger partial charge in [-0.15, -0.1) is 0 Å². The maximum Gasteiger partial charge on any atom is 0.0894 e. The molecule has 0 unspecified atom stereocenters. The first kappa shape index (κ1) is 14.4. The molecule has 0 rings (SSSR count). The topological polar surface area (TPSA) is 0 Å². The summed E-state index contributed by atoms with van der Waals surface area (Å²) in [6.45, 7) is -0.132. The smallest absolute Gasteiger partial charge is 0.0894 e. The van der Waals surface area contributed by atoms with E-state index < -0.39 is 0 Å². The Morgan fingerprint density at radius 2 is 0.929 bits per heavy atom. The summed E-state index contributed by atoms with van der Waals surface area (Å²) >= 11 is 3.44. The van der Waals surface area contributed by atoms with Gasteiger partial charge in [-0.25, -0.2) is 0 Å². The quantitative estimate of drug-likeness (QED) is 0.354. The summed E-state index contributed by atoms with van der Waals surface area (Å²) in [6.07, 6.45) is 12.6. The molecule has 14 heavy (non-hydrogen) atoms. The van der Waals surface area contributed by atoms with Crippen LogP contribution in [0.5, 0.6) is 0 Å². The van der Waals surface area contributed by atoms with Crippen molar-refractivity contribution in [3.8, 4) is 0 Å². The minimum Gasteiger partial charge on any atom is -0.251 e. The normalized spacial score (nSPS) is 10.7. The lowest BCUT2D eigenvalue weighted by molar-refractivity contribution is 0.449. The Morgan fingerprint density at radius 3 is 1.29 bits per heavy atom. The van der Waals surface area contributed by atoms with Gasteiger partial charge >= 0.3 is 0 Å². The van der Waals surface area contributed by atoms with Crippen molar-refractivity contribution < 1.29 is 4.39 Å². The van der Waals surface area contributed by atoms with Crippen molar-refractivity contribution in [2.45, 2.75) is 64.2 Å². The number of alkyl halides is 2. The molecule has 0 radical (unpaired) electrons. The standard InChI is InChI=1S/C12H24BrF/c13-11-9-7-5-3-1-2-4-6-8-10-12-14/h1-12H2. The second-order valence-corrected chi connectivity index (χ2v) is 4.71. The molecule has 0 saturated heterocycles. The molecule has 0 fully saturated rings. The van der Waals surface area contributed by atoms with E-state index >= 15 is 0 Å². The summed E-state index contributed by atoms with van der Waals surface area (Å²) in [7, 11) is 0. The highest BCUT2D eigenvalue weighted by Gasteiger charge is 1.92. The fraction of sp³-hybridized carbons (Fsp3) is 1.00. The molecule has 0 aliphatic heterocycles. The van der Waals surface area contributed by atoms with Crippen LogP contribution in [0.3, 0.4) is 0 Å².